The van der Waals surface area contributed by atoms with E-state index in [4.69, 9.17) is 4.52 Å². The van der Waals surface area contributed by atoms with Crippen LogP contribution in [-0.2, 0) is 6.54 Å². The number of rotatable bonds is 7. The topological polar surface area (TPSA) is 51.0 Å². The van der Waals surface area contributed by atoms with Crippen LogP contribution in [0.1, 0.15) is 40.5 Å². The van der Waals surface area contributed by atoms with Crippen LogP contribution in [0.2, 0.25) is 0 Å². The van der Waals surface area contributed by atoms with Gasteiger partial charge in [0.05, 0.1) is 6.54 Å². The lowest BCUT2D eigenvalue weighted by molar-refractivity contribution is 0.371. The molecule has 0 unspecified atom stereocenters. The van der Waals surface area contributed by atoms with Crippen molar-refractivity contribution in [1.29, 1.82) is 0 Å². The standard InChI is InChI=1S/C16H25N3O/c1-7-13(11(3)4)16(14(8-2)12(5)6)17-9-15-18-10-19-20-15/h7-8,10-12,17H,1,9H2,2-6H3/b14-8-,16-13-. The van der Waals surface area contributed by atoms with Crippen LogP contribution in [0.25, 0.3) is 0 Å². The quantitative estimate of drug-likeness (QED) is 0.768. The summed E-state index contributed by atoms with van der Waals surface area (Å²) in [4.78, 5) is 4.04. The molecule has 0 bridgehead atoms. The molecule has 1 rings (SSSR count). The summed E-state index contributed by atoms with van der Waals surface area (Å²) in [7, 11) is 0. The molecule has 110 valence electrons. The normalized spacial score (nSPS) is 13.7. The maximum atomic E-state index is 5.04. The van der Waals surface area contributed by atoms with Crippen LogP contribution < -0.4 is 5.32 Å². The van der Waals surface area contributed by atoms with E-state index in [0.717, 1.165) is 5.70 Å². The van der Waals surface area contributed by atoms with E-state index in [-0.39, 0.29) is 0 Å². The number of allylic oxidation sites excluding steroid dienone is 4. The van der Waals surface area contributed by atoms with Gasteiger partial charge in [-0.2, -0.15) is 4.98 Å². The fourth-order valence-corrected chi connectivity index (χ4v) is 2.20. The van der Waals surface area contributed by atoms with E-state index in [1.807, 2.05) is 6.08 Å². The molecule has 0 spiro atoms. The lowest BCUT2D eigenvalue weighted by Gasteiger charge is -2.22. The van der Waals surface area contributed by atoms with Crippen molar-refractivity contribution in [3.63, 3.8) is 0 Å². The van der Waals surface area contributed by atoms with E-state index in [9.17, 15) is 0 Å². The molecule has 1 N–H and O–H groups in total. The molecule has 0 aliphatic heterocycles. The van der Waals surface area contributed by atoms with Gasteiger partial charge in [0.25, 0.3) is 0 Å². The number of aromatic nitrogens is 2. The van der Waals surface area contributed by atoms with Gasteiger partial charge >= 0.3 is 0 Å². The zero-order valence-corrected chi connectivity index (χ0v) is 13.1. The van der Waals surface area contributed by atoms with Gasteiger partial charge in [-0.3, -0.25) is 0 Å². The van der Waals surface area contributed by atoms with Gasteiger partial charge in [-0.1, -0.05) is 51.6 Å². The van der Waals surface area contributed by atoms with Crippen LogP contribution in [0.15, 0.2) is 46.4 Å². The van der Waals surface area contributed by atoms with Gasteiger partial charge in [0.1, 0.15) is 0 Å². The minimum Gasteiger partial charge on any atom is -0.376 e. The zero-order valence-electron chi connectivity index (χ0n) is 13.1. The van der Waals surface area contributed by atoms with Gasteiger partial charge in [0, 0.05) is 5.70 Å². The summed E-state index contributed by atoms with van der Waals surface area (Å²) in [5.74, 6) is 1.40. The predicted molar refractivity (Wildman–Crippen MR) is 81.8 cm³/mol. The highest BCUT2D eigenvalue weighted by molar-refractivity contribution is 5.40. The predicted octanol–water partition coefficient (Wildman–Crippen LogP) is 3.86. The third-order valence-corrected chi connectivity index (χ3v) is 3.18. The Labute approximate surface area is 121 Å². The van der Waals surface area contributed by atoms with Crippen LogP contribution in [0.4, 0.5) is 0 Å². The van der Waals surface area contributed by atoms with E-state index < -0.39 is 0 Å². The molecule has 0 fully saturated rings. The average molecular weight is 275 g/mol. The van der Waals surface area contributed by atoms with Crippen molar-refractivity contribution in [1.82, 2.24) is 15.5 Å². The number of nitrogens with zero attached hydrogens (tertiary/aromatic N) is 2. The van der Waals surface area contributed by atoms with E-state index in [1.54, 1.807) is 0 Å². The van der Waals surface area contributed by atoms with Crippen molar-refractivity contribution in [3.8, 4) is 0 Å². The minimum absolute atomic E-state index is 0.395. The Morgan fingerprint density at radius 2 is 2.05 bits per heavy atom. The molecule has 0 saturated carbocycles. The molecule has 0 aliphatic rings. The van der Waals surface area contributed by atoms with Gasteiger partial charge in [-0.15, -0.1) is 0 Å². The molecule has 0 saturated heterocycles. The first-order chi connectivity index (χ1) is 9.51. The highest BCUT2D eigenvalue weighted by atomic mass is 16.5. The first-order valence-electron chi connectivity index (χ1n) is 7.03. The third kappa shape index (κ3) is 4.08. The van der Waals surface area contributed by atoms with Gasteiger partial charge < -0.3 is 9.84 Å². The van der Waals surface area contributed by atoms with E-state index in [1.165, 1.54) is 17.5 Å². The highest BCUT2D eigenvalue weighted by Gasteiger charge is 2.15. The van der Waals surface area contributed by atoms with Crippen molar-refractivity contribution < 1.29 is 4.52 Å². The Bertz CT molecular complexity index is 482. The Morgan fingerprint density at radius 3 is 2.45 bits per heavy atom. The molecule has 0 amide bonds. The van der Waals surface area contributed by atoms with Crippen LogP contribution in [0.5, 0.6) is 0 Å². The molecule has 0 atom stereocenters. The average Bonchev–Trinajstić information content (AvgIpc) is 2.89. The van der Waals surface area contributed by atoms with E-state index >= 15 is 0 Å². The Hall–Kier alpha value is -1.84. The smallest absolute Gasteiger partial charge is 0.245 e. The largest absolute Gasteiger partial charge is 0.376 e. The second-order valence-corrected chi connectivity index (χ2v) is 5.28. The van der Waals surface area contributed by atoms with Gasteiger partial charge in [0.15, 0.2) is 6.33 Å². The molecule has 4 nitrogen and oxygen atoms in total. The molecule has 1 aromatic rings. The fraction of sp³-hybridized carbons (Fsp3) is 0.500. The van der Waals surface area contributed by atoms with Crippen LogP contribution in [0.3, 0.4) is 0 Å². The van der Waals surface area contributed by atoms with Crippen molar-refractivity contribution in [2.75, 3.05) is 0 Å². The Balaban J connectivity index is 3.10. The monoisotopic (exact) mass is 275 g/mol. The molecular formula is C16H25N3O. The summed E-state index contributed by atoms with van der Waals surface area (Å²) >= 11 is 0. The second kappa shape index (κ2) is 7.68. The van der Waals surface area contributed by atoms with Crippen molar-refractivity contribution in [2.24, 2.45) is 11.8 Å². The molecule has 1 heterocycles. The second-order valence-electron chi connectivity index (χ2n) is 5.28. The third-order valence-electron chi connectivity index (χ3n) is 3.18. The molecule has 1 aromatic heterocycles. The number of nitrogens with one attached hydrogen (secondary N) is 1. The summed E-state index contributed by atoms with van der Waals surface area (Å²) in [6, 6.07) is 0. The van der Waals surface area contributed by atoms with Gasteiger partial charge in [-0.25, -0.2) is 0 Å². The highest BCUT2D eigenvalue weighted by Crippen LogP contribution is 2.25. The van der Waals surface area contributed by atoms with Crippen LogP contribution in [-0.4, -0.2) is 10.1 Å². The lowest BCUT2D eigenvalue weighted by Crippen LogP contribution is -2.20. The summed E-state index contributed by atoms with van der Waals surface area (Å²) in [6.07, 6.45) is 5.48. The zero-order chi connectivity index (χ0) is 15.1. The number of hydrogen-bond donors (Lipinski definition) is 1. The van der Waals surface area contributed by atoms with Crippen LogP contribution >= 0.6 is 0 Å². The first kappa shape index (κ1) is 16.2. The first-order valence-corrected chi connectivity index (χ1v) is 7.03. The molecule has 0 aliphatic carbocycles. The molecule has 0 radical (unpaired) electrons. The maximum absolute atomic E-state index is 5.04. The lowest BCUT2D eigenvalue weighted by atomic mass is 9.91. The molecular weight excluding hydrogens is 250 g/mol. The summed E-state index contributed by atoms with van der Waals surface area (Å²) in [5, 5.41) is 7.05. The summed E-state index contributed by atoms with van der Waals surface area (Å²) < 4.78 is 5.04. The molecule has 20 heavy (non-hydrogen) atoms. The Morgan fingerprint density at radius 1 is 1.35 bits per heavy atom. The molecule has 4 heteroatoms. The summed E-state index contributed by atoms with van der Waals surface area (Å²) in [5.41, 5.74) is 3.59. The van der Waals surface area contributed by atoms with Gasteiger partial charge in [0.2, 0.25) is 5.89 Å². The van der Waals surface area contributed by atoms with Gasteiger partial charge in [-0.05, 0) is 29.9 Å². The Kier molecular flexibility index (Phi) is 6.22. The van der Waals surface area contributed by atoms with Crippen molar-refractivity contribution in [2.45, 2.75) is 41.2 Å². The van der Waals surface area contributed by atoms with Crippen LogP contribution in [0, 0.1) is 11.8 Å². The minimum atomic E-state index is 0.395. The fourth-order valence-electron chi connectivity index (χ4n) is 2.20. The molecule has 0 aromatic carbocycles. The van der Waals surface area contributed by atoms with E-state index in [2.05, 4.69) is 62.7 Å². The van der Waals surface area contributed by atoms with E-state index in [0.29, 0.717) is 24.3 Å². The summed E-state index contributed by atoms with van der Waals surface area (Å²) in [6.45, 7) is 15.2. The maximum Gasteiger partial charge on any atom is 0.245 e. The SMILES string of the molecule is C=C/C(=C(NCc1ncno1)\C(=C/C)C(C)C)C(C)C. The van der Waals surface area contributed by atoms with Crippen molar-refractivity contribution in [3.05, 3.63) is 47.8 Å². The van der Waals surface area contributed by atoms with Crippen molar-refractivity contribution >= 4 is 0 Å². The number of hydrogen-bond acceptors (Lipinski definition) is 4.